The van der Waals surface area contributed by atoms with E-state index in [2.05, 4.69) is 40.3 Å². The van der Waals surface area contributed by atoms with Crippen molar-refractivity contribution < 1.29 is 43.4 Å². The standard InChI is InChI=1S/C42H73N5O9/c1-8-9-10-11-12-13-14-15-16-17-18-19-20-21-22-23-36(51)45-38(32(6)49)42(55)47-27-30(4)26-35(47)40(53)46-37(29(2)3)41(54)44-34(24-25-56-33(7)50)39(52)43-31(5)28-48/h15-16,28-32,34-35,37-38,49H,8-14,17-27H2,1-7H3,(H,43,52)(H,44,54)(H,45,51)(H,46,53). The minimum atomic E-state index is -1.25. The lowest BCUT2D eigenvalue weighted by Crippen LogP contribution is -2.60. The van der Waals surface area contributed by atoms with Crippen LogP contribution in [0.25, 0.3) is 0 Å². The molecule has 14 nitrogen and oxygen atoms in total. The Morgan fingerprint density at radius 1 is 0.786 bits per heavy atom. The largest absolute Gasteiger partial charge is 0.466 e. The van der Waals surface area contributed by atoms with E-state index in [4.69, 9.17) is 4.74 Å². The van der Waals surface area contributed by atoms with Crippen LogP contribution in [0, 0.1) is 11.8 Å². The summed E-state index contributed by atoms with van der Waals surface area (Å²) in [6.45, 7) is 11.7. The van der Waals surface area contributed by atoms with Crippen molar-refractivity contribution in [3.8, 4) is 0 Å². The molecule has 1 rings (SSSR count). The fourth-order valence-electron chi connectivity index (χ4n) is 6.70. The first-order valence-corrected chi connectivity index (χ1v) is 21.0. The lowest BCUT2D eigenvalue weighted by atomic mass is 10.0. The molecule has 56 heavy (non-hydrogen) atoms. The third kappa shape index (κ3) is 20.4. The summed E-state index contributed by atoms with van der Waals surface area (Å²) in [5, 5.41) is 21.1. The van der Waals surface area contributed by atoms with Crippen LogP contribution in [0.1, 0.15) is 151 Å². The quantitative estimate of drug-likeness (QED) is 0.0315. The number of amides is 5. The van der Waals surface area contributed by atoms with Crippen molar-refractivity contribution in [2.45, 2.75) is 188 Å². The predicted molar refractivity (Wildman–Crippen MR) is 216 cm³/mol. The highest BCUT2D eigenvalue weighted by Crippen LogP contribution is 2.25. The molecule has 0 aliphatic carbocycles. The van der Waals surface area contributed by atoms with Gasteiger partial charge < -0.3 is 40.8 Å². The Balaban J connectivity index is 2.74. The Kier molecular flexibility index (Phi) is 25.6. The first-order valence-electron chi connectivity index (χ1n) is 21.0. The molecule has 14 heteroatoms. The van der Waals surface area contributed by atoms with Gasteiger partial charge in [0.25, 0.3) is 0 Å². The number of hydrogen-bond acceptors (Lipinski definition) is 9. The maximum absolute atomic E-state index is 13.8. The molecule has 1 heterocycles. The molecule has 0 bridgehead atoms. The molecule has 1 fully saturated rings. The van der Waals surface area contributed by atoms with Gasteiger partial charge >= 0.3 is 5.97 Å². The third-order valence-corrected chi connectivity index (χ3v) is 9.99. The summed E-state index contributed by atoms with van der Waals surface area (Å²) < 4.78 is 4.95. The maximum Gasteiger partial charge on any atom is 0.302 e. The highest BCUT2D eigenvalue weighted by Gasteiger charge is 2.43. The number of unbranched alkanes of at least 4 members (excludes halogenated alkanes) is 11. The molecule has 5 N–H and O–H groups in total. The Bertz CT molecular complexity index is 1260. The summed E-state index contributed by atoms with van der Waals surface area (Å²) in [6.07, 6.45) is 19.1. The number of nitrogens with one attached hydrogen (secondary N) is 4. The van der Waals surface area contributed by atoms with Gasteiger partial charge in [-0.05, 0) is 64.2 Å². The fourth-order valence-corrected chi connectivity index (χ4v) is 6.70. The molecule has 1 saturated heterocycles. The molecule has 0 radical (unpaired) electrons. The Morgan fingerprint density at radius 2 is 1.38 bits per heavy atom. The molecule has 0 aromatic heterocycles. The number of likely N-dealkylation sites (tertiary alicyclic amines) is 1. The second-order valence-electron chi connectivity index (χ2n) is 15.8. The van der Waals surface area contributed by atoms with Gasteiger partial charge in [-0.15, -0.1) is 0 Å². The first-order chi connectivity index (χ1) is 26.6. The fraction of sp³-hybridized carbons (Fsp3) is 0.786. The van der Waals surface area contributed by atoms with Crippen LogP contribution in [-0.2, 0) is 38.3 Å². The molecule has 1 aliphatic heterocycles. The lowest BCUT2D eigenvalue weighted by Gasteiger charge is -2.31. The van der Waals surface area contributed by atoms with Crippen molar-refractivity contribution in [2.75, 3.05) is 13.2 Å². The number of hydrogen-bond donors (Lipinski definition) is 5. The van der Waals surface area contributed by atoms with Gasteiger partial charge in [0.15, 0.2) is 0 Å². The summed E-state index contributed by atoms with van der Waals surface area (Å²) in [4.78, 5) is 90.6. The first kappa shape index (κ1) is 50.2. The van der Waals surface area contributed by atoms with Gasteiger partial charge in [0.05, 0.1) is 18.8 Å². The van der Waals surface area contributed by atoms with Crippen molar-refractivity contribution in [3.05, 3.63) is 12.2 Å². The lowest BCUT2D eigenvalue weighted by molar-refractivity contribution is -0.144. The number of carbonyl (C=O) groups excluding carboxylic acids is 7. The molecule has 320 valence electrons. The molecule has 5 amide bonds. The zero-order valence-electron chi connectivity index (χ0n) is 35.2. The van der Waals surface area contributed by atoms with Crippen LogP contribution in [0.2, 0.25) is 0 Å². The third-order valence-electron chi connectivity index (χ3n) is 9.99. The van der Waals surface area contributed by atoms with Crippen LogP contribution in [0.5, 0.6) is 0 Å². The summed E-state index contributed by atoms with van der Waals surface area (Å²) in [6, 6.07) is -5.32. The number of aldehydes is 1. The van der Waals surface area contributed by atoms with Gasteiger partial charge in [0.1, 0.15) is 30.5 Å². The van der Waals surface area contributed by atoms with Crippen LogP contribution in [0.3, 0.4) is 0 Å². The Morgan fingerprint density at radius 3 is 1.93 bits per heavy atom. The molecule has 0 saturated carbocycles. The number of carbonyl (C=O) groups is 7. The summed E-state index contributed by atoms with van der Waals surface area (Å²) >= 11 is 0. The Hall–Kier alpha value is -3.81. The number of ether oxygens (including phenoxy) is 1. The van der Waals surface area contributed by atoms with Gasteiger partial charge in [-0.3, -0.25) is 28.8 Å². The number of rotatable bonds is 29. The van der Waals surface area contributed by atoms with E-state index in [0.29, 0.717) is 19.1 Å². The molecule has 0 aromatic rings. The zero-order valence-corrected chi connectivity index (χ0v) is 35.2. The molecular weight excluding hydrogens is 718 g/mol. The maximum atomic E-state index is 13.8. The van der Waals surface area contributed by atoms with Crippen LogP contribution in [-0.4, -0.2) is 101 Å². The van der Waals surface area contributed by atoms with E-state index < -0.39 is 71.8 Å². The van der Waals surface area contributed by atoms with Crippen LogP contribution in [0.4, 0.5) is 0 Å². The van der Waals surface area contributed by atoms with Crippen molar-refractivity contribution in [2.24, 2.45) is 11.8 Å². The number of allylic oxidation sites excluding steroid dienone is 2. The molecule has 0 aromatic carbocycles. The Labute approximate surface area is 335 Å². The van der Waals surface area contributed by atoms with E-state index in [9.17, 15) is 38.7 Å². The second-order valence-corrected chi connectivity index (χ2v) is 15.8. The van der Waals surface area contributed by atoms with Crippen molar-refractivity contribution in [1.29, 1.82) is 0 Å². The summed E-state index contributed by atoms with van der Waals surface area (Å²) in [7, 11) is 0. The van der Waals surface area contributed by atoms with Gasteiger partial charge in [-0.1, -0.05) is 91.2 Å². The minimum Gasteiger partial charge on any atom is -0.466 e. The van der Waals surface area contributed by atoms with Crippen molar-refractivity contribution >= 4 is 41.8 Å². The highest BCUT2D eigenvalue weighted by atomic mass is 16.5. The highest BCUT2D eigenvalue weighted by molar-refractivity contribution is 5.96. The second kappa shape index (κ2) is 28.6. The average molecular weight is 792 g/mol. The molecular formula is C42H73N5O9. The molecule has 0 spiro atoms. The van der Waals surface area contributed by atoms with Gasteiger partial charge in [0, 0.05) is 26.3 Å². The van der Waals surface area contributed by atoms with E-state index in [1.54, 1.807) is 13.8 Å². The monoisotopic (exact) mass is 792 g/mol. The number of esters is 1. The van der Waals surface area contributed by atoms with Crippen LogP contribution >= 0.6 is 0 Å². The molecule has 1 aliphatic rings. The predicted octanol–water partition coefficient (Wildman–Crippen LogP) is 4.41. The molecule has 7 atom stereocenters. The summed E-state index contributed by atoms with van der Waals surface area (Å²) in [5.41, 5.74) is 0. The smallest absolute Gasteiger partial charge is 0.302 e. The van der Waals surface area contributed by atoms with E-state index >= 15 is 0 Å². The van der Waals surface area contributed by atoms with E-state index in [-0.39, 0.29) is 37.8 Å². The van der Waals surface area contributed by atoms with E-state index in [1.165, 1.54) is 64.2 Å². The summed E-state index contributed by atoms with van der Waals surface area (Å²) in [5.74, 6) is -3.93. The van der Waals surface area contributed by atoms with Crippen molar-refractivity contribution in [3.63, 3.8) is 0 Å². The average Bonchev–Trinajstić information content (AvgIpc) is 3.54. The van der Waals surface area contributed by atoms with Crippen LogP contribution < -0.4 is 21.3 Å². The van der Waals surface area contributed by atoms with E-state index in [1.807, 2.05) is 6.92 Å². The van der Waals surface area contributed by atoms with Crippen molar-refractivity contribution in [1.82, 2.24) is 26.2 Å². The number of nitrogens with zero attached hydrogens (tertiary/aromatic N) is 1. The van der Waals surface area contributed by atoms with Gasteiger partial charge in [0.2, 0.25) is 29.5 Å². The van der Waals surface area contributed by atoms with Gasteiger partial charge in [-0.2, -0.15) is 0 Å². The number of aliphatic hydroxyl groups is 1. The SMILES string of the molecule is CCCCCCCCC=CCCCCCCCC(=O)NC(C(=O)N1CC(C)CC1C(=O)NC(C(=O)NC(CCOC(C)=O)C(=O)NC(C)C=O)C(C)C)C(C)O. The molecule has 7 unspecified atom stereocenters. The number of aliphatic hydroxyl groups excluding tert-OH is 1. The van der Waals surface area contributed by atoms with Gasteiger partial charge in [-0.25, -0.2) is 0 Å². The normalized spacial score (nSPS) is 18.1. The topological polar surface area (TPSA) is 200 Å². The zero-order chi connectivity index (χ0) is 42.0. The minimum absolute atomic E-state index is 0.0728. The van der Waals surface area contributed by atoms with E-state index in [0.717, 1.165) is 38.5 Å². The van der Waals surface area contributed by atoms with Crippen LogP contribution in [0.15, 0.2) is 12.2 Å².